The number of hydrogen-bond acceptors (Lipinski definition) is 7. The second kappa shape index (κ2) is 10.1. The summed E-state index contributed by atoms with van der Waals surface area (Å²) in [4.78, 5) is 26.8. The van der Waals surface area contributed by atoms with Gasteiger partial charge in [0, 0.05) is 38.0 Å². The number of carbonyl (C=O) groups is 1. The Morgan fingerprint density at radius 2 is 1.97 bits per heavy atom. The molecule has 2 aromatic carbocycles. The summed E-state index contributed by atoms with van der Waals surface area (Å²) in [5, 5.41) is 2.74. The van der Waals surface area contributed by atoms with E-state index in [1.807, 2.05) is 19.0 Å². The molecule has 3 aromatic rings. The number of likely N-dealkylation sites (N-methyl/N-ethyl adjacent to an activating group) is 1. The Bertz CT molecular complexity index is 1260. The van der Waals surface area contributed by atoms with Crippen molar-refractivity contribution in [3.05, 3.63) is 58.6 Å². The number of nitrogens with zero attached hydrogens (tertiary/aromatic N) is 2. The van der Waals surface area contributed by atoms with Gasteiger partial charge in [0.1, 0.15) is 0 Å². The first-order valence-corrected chi connectivity index (χ1v) is 11.4. The van der Waals surface area contributed by atoms with Gasteiger partial charge >= 0.3 is 5.76 Å². The molecular formula is C21H26N4O6S. The van der Waals surface area contributed by atoms with E-state index < -0.39 is 21.7 Å². The summed E-state index contributed by atoms with van der Waals surface area (Å²) in [5.41, 5.74) is 1.61. The first kappa shape index (κ1) is 23.7. The molecule has 0 atom stereocenters. The van der Waals surface area contributed by atoms with Crippen LogP contribution in [0.5, 0.6) is 0 Å². The number of nitrogens with one attached hydrogen (secondary N) is 2. The zero-order valence-corrected chi connectivity index (χ0v) is 18.9. The number of oxazole rings is 1. The minimum atomic E-state index is -3.77. The highest BCUT2D eigenvalue weighted by Crippen LogP contribution is 2.20. The summed E-state index contributed by atoms with van der Waals surface area (Å²) in [5.74, 6) is -0.951. The number of carbonyl (C=O) groups excluding carboxylic acids is 1. The maximum atomic E-state index is 12.7. The summed E-state index contributed by atoms with van der Waals surface area (Å²) < 4.78 is 38.8. The molecule has 1 aromatic heterocycles. The smallest absolute Gasteiger partial charge is 0.408 e. The fraction of sp³-hybridized carbons (Fsp3) is 0.333. The first-order valence-electron chi connectivity index (χ1n) is 9.89. The molecule has 3 rings (SSSR count). The molecule has 2 N–H and O–H groups in total. The SMILES string of the molecule is COCCNS(=O)(=O)c1cccc(C(=O)Nc2ccc3oc(=O)n(CCN(C)C)c3c2)c1. The number of rotatable bonds is 10. The van der Waals surface area contributed by atoms with Gasteiger partial charge in [0.2, 0.25) is 10.0 Å². The minimum absolute atomic E-state index is 0.0240. The third kappa shape index (κ3) is 5.62. The quantitative estimate of drug-likeness (QED) is 0.436. The molecule has 0 aliphatic carbocycles. The Morgan fingerprint density at radius 1 is 1.19 bits per heavy atom. The number of methoxy groups -OCH3 is 1. The number of anilines is 1. The molecule has 0 unspecified atom stereocenters. The molecule has 0 bridgehead atoms. The van der Waals surface area contributed by atoms with Crippen molar-refractivity contribution < 1.29 is 22.4 Å². The number of sulfonamides is 1. The lowest BCUT2D eigenvalue weighted by atomic mass is 10.2. The zero-order valence-electron chi connectivity index (χ0n) is 18.1. The summed E-state index contributed by atoms with van der Waals surface area (Å²) >= 11 is 0. The van der Waals surface area contributed by atoms with Crippen LogP contribution in [0.1, 0.15) is 10.4 Å². The van der Waals surface area contributed by atoms with Crippen LogP contribution in [0.25, 0.3) is 11.1 Å². The second-order valence-electron chi connectivity index (χ2n) is 7.38. The van der Waals surface area contributed by atoms with Crippen molar-refractivity contribution >= 4 is 32.7 Å². The van der Waals surface area contributed by atoms with Gasteiger partial charge in [-0.05, 0) is 50.5 Å². The van der Waals surface area contributed by atoms with Crippen LogP contribution in [-0.4, -0.2) is 64.7 Å². The largest absolute Gasteiger partial charge is 0.419 e. The summed E-state index contributed by atoms with van der Waals surface area (Å²) in [6, 6.07) is 10.6. The van der Waals surface area contributed by atoms with E-state index in [0.29, 0.717) is 29.9 Å². The van der Waals surface area contributed by atoms with Gasteiger partial charge in [0.15, 0.2) is 5.58 Å². The molecule has 0 saturated carbocycles. The lowest BCUT2D eigenvalue weighted by Gasteiger charge is -2.10. The molecule has 1 amide bonds. The normalized spacial score (nSPS) is 11.9. The Balaban J connectivity index is 1.81. The molecule has 1 heterocycles. The average Bonchev–Trinajstić information content (AvgIpc) is 3.06. The molecule has 0 aliphatic heterocycles. The van der Waals surface area contributed by atoms with Gasteiger partial charge < -0.3 is 19.4 Å². The van der Waals surface area contributed by atoms with Crippen molar-refractivity contribution in [2.24, 2.45) is 0 Å². The third-order valence-electron chi connectivity index (χ3n) is 4.70. The van der Waals surface area contributed by atoms with E-state index in [9.17, 15) is 18.0 Å². The van der Waals surface area contributed by atoms with E-state index in [2.05, 4.69) is 10.0 Å². The Kier molecular flexibility index (Phi) is 7.46. The second-order valence-corrected chi connectivity index (χ2v) is 9.14. The van der Waals surface area contributed by atoms with E-state index in [4.69, 9.17) is 9.15 Å². The highest BCUT2D eigenvalue weighted by Gasteiger charge is 2.17. The highest BCUT2D eigenvalue weighted by atomic mass is 32.2. The van der Waals surface area contributed by atoms with Gasteiger partial charge in [0.05, 0.1) is 17.0 Å². The number of aromatic nitrogens is 1. The fourth-order valence-electron chi connectivity index (χ4n) is 3.02. The molecule has 10 nitrogen and oxygen atoms in total. The molecule has 0 spiro atoms. The number of fused-ring (bicyclic) bond motifs is 1. The molecule has 0 fully saturated rings. The predicted octanol–water partition coefficient (Wildman–Crippen LogP) is 1.33. The van der Waals surface area contributed by atoms with Crippen LogP contribution >= 0.6 is 0 Å². The predicted molar refractivity (Wildman–Crippen MR) is 120 cm³/mol. The van der Waals surface area contributed by atoms with Crippen molar-refractivity contribution in [3.63, 3.8) is 0 Å². The van der Waals surface area contributed by atoms with Gasteiger partial charge in [-0.3, -0.25) is 9.36 Å². The van der Waals surface area contributed by atoms with E-state index in [1.54, 1.807) is 18.2 Å². The molecule has 0 radical (unpaired) electrons. The molecule has 0 saturated heterocycles. The van der Waals surface area contributed by atoms with Gasteiger partial charge in [-0.1, -0.05) is 6.07 Å². The first-order chi connectivity index (χ1) is 15.2. The van der Waals surface area contributed by atoms with Crippen molar-refractivity contribution in [2.45, 2.75) is 11.4 Å². The van der Waals surface area contributed by atoms with Crippen molar-refractivity contribution in [3.8, 4) is 0 Å². The Morgan fingerprint density at radius 3 is 2.69 bits per heavy atom. The molecule has 0 aliphatic rings. The summed E-state index contributed by atoms with van der Waals surface area (Å²) in [7, 11) is 1.51. The standard InChI is InChI=1S/C21H26N4O6S/c1-24(2)10-11-25-18-14-16(7-8-19(18)31-21(25)27)23-20(26)15-5-4-6-17(13-15)32(28,29)22-9-12-30-3/h4-8,13-14,22H,9-12H2,1-3H3,(H,23,26). The van der Waals surface area contributed by atoms with Gasteiger partial charge in [-0.15, -0.1) is 0 Å². The average molecular weight is 463 g/mol. The van der Waals surface area contributed by atoms with Crippen LogP contribution in [0.4, 0.5) is 5.69 Å². The zero-order chi connectivity index (χ0) is 23.3. The van der Waals surface area contributed by atoms with E-state index in [1.165, 1.54) is 35.9 Å². The van der Waals surface area contributed by atoms with Crippen LogP contribution in [0.3, 0.4) is 0 Å². The van der Waals surface area contributed by atoms with Crippen LogP contribution in [0.15, 0.2) is 56.6 Å². The maximum Gasteiger partial charge on any atom is 0.419 e. The van der Waals surface area contributed by atoms with Crippen molar-refractivity contribution in [1.29, 1.82) is 0 Å². The van der Waals surface area contributed by atoms with E-state index in [0.717, 1.165) is 0 Å². The fourth-order valence-corrected chi connectivity index (χ4v) is 4.08. The van der Waals surface area contributed by atoms with Crippen LogP contribution in [-0.2, 0) is 21.3 Å². The number of amides is 1. The van der Waals surface area contributed by atoms with Gasteiger partial charge in [-0.2, -0.15) is 0 Å². The molecule has 172 valence electrons. The van der Waals surface area contributed by atoms with Crippen LogP contribution in [0, 0.1) is 0 Å². The Labute approximate surface area is 185 Å². The topological polar surface area (TPSA) is 123 Å². The maximum absolute atomic E-state index is 12.7. The molecule has 32 heavy (non-hydrogen) atoms. The number of benzene rings is 2. The van der Waals surface area contributed by atoms with E-state index >= 15 is 0 Å². The molecular weight excluding hydrogens is 436 g/mol. The van der Waals surface area contributed by atoms with Crippen molar-refractivity contribution in [1.82, 2.24) is 14.2 Å². The van der Waals surface area contributed by atoms with Gasteiger partial charge in [-0.25, -0.2) is 17.9 Å². The third-order valence-corrected chi connectivity index (χ3v) is 6.16. The number of ether oxygens (including phenoxy) is 1. The lowest BCUT2D eigenvalue weighted by molar-refractivity contribution is 0.102. The van der Waals surface area contributed by atoms with Crippen molar-refractivity contribution in [2.75, 3.05) is 46.2 Å². The lowest BCUT2D eigenvalue weighted by Crippen LogP contribution is -2.27. The Hall–Kier alpha value is -2.99. The van der Waals surface area contributed by atoms with Crippen LogP contribution < -0.4 is 15.8 Å². The summed E-state index contributed by atoms with van der Waals surface area (Å²) in [6.45, 7) is 1.43. The van der Waals surface area contributed by atoms with Crippen LogP contribution in [0.2, 0.25) is 0 Å². The number of hydrogen-bond donors (Lipinski definition) is 2. The van der Waals surface area contributed by atoms with E-state index in [-0.39, 0.29) is 23.6 Å². The monoisotopic (exact) mass is 462 g/mol. The molecule has 11 heteroatoms. The minimum Gasteiger partial charge on any atom is -0.408 e. The summed E-state index contributed by atoms with van der Waals surface area (Å²) in [6.07, 6.45) is 0. The highest BCUT2D eigenvalue weighted by molar-refractivity contribution is 7.89. The van der Waals surface area contributed by atoms with Gasteiger partial charge in [0.25, 0.3) is 5.91 Å².